The van der Waals surface area contributed by atoms with Gasteiger partial charge in [0.2, 0.25) is 0 Å². The van der Waals surface area contributed by atoms with Crippen molar-refractivity contribution < 1.29 is 13.3 Å². The lowest BCUT2D eigenvalue weighted by molar-refractivity contribution is 0.356. The van der Waals surface area contributed by atoms with E-state index in [2.05, 4.69) is 4.40 Å². The van der Waals surface area contributed by atoms with E-state index in [9.17, 15) is 8.60 Å². The number of benzene rings is 1. The maximum absolute atomic E-state index is 13.7. The number of hydrogen-bond acceptors (Lipinski definition) is 2. The van der Waals surface area contributed by atoms with Crippen LogP contribution in [0.3, 0.4) is 0 Å². The lowest BCUT2D eigenvalue weighted by Gasteiger charge is -2.12. The van der Waals surface area contributed by atoms with Gasteiger partial charge >= 0.3 is 0 Å². The predicted molar refractivity (Wildman–Crippen MR) is 71.1 cm³/mol. The van der Waals surface area contributed by atoms with Gasteiger partial charge in [0.05, 0.1) is 11.4 Å². The second-order valence-corrected chi connectivity index (χ2v) is 7.11. The molecule has 0 aliphatic carbocycles. The Hall–Kier alpha value is -1.23. The van der Waals surface area contributed by atoms with E-state index in [0.717, 1.165) is 12.0 Å². The Morgan fingerprint density at radius 2 is 2.17 bits per heavy atom. The third kappa shape index (κ3) is 2.77. The summed E-state index contributed by atoms with van der Waals surface area (Å²) in [6, 6.07) is 3.07. The molecule has 0 radical (unpaired) electrons. The van der Waals surface area contributed by atoms with Crippen molar-refractivity contribution in [2.24, 2.45) is 4.40 Å². The van der Waals surface area contributed by atoms with Gasteiger partial charge in [0.15, 0.2) is 0 Å². The van der Waals surface area contributed by atoms with Crippen LogP contribution in [0.4, 0.5) is 4.39 Å². The van der Waals surface area contributed by atoms with E-state index in [4.69, 9.17) is 4.74 Å². The van der Waals surface area contributed by atoms with Gasteiger partial charge < -0.3 is 4.74 Å². The van der Waals surface area contributed by atoms with Crippen molar-refractivity contribution in [1.82, 2.24) is 0 Å². The third-order valence-corrected chi connectivity index (χ3v) is 3.96. The third-order valence-electron chi connectivity index (χ3n) is 2.62. The molecule has 0 saturated heterocycles. The molecule has 1 atom stereocenters. The molecule has 0 bridgehead atoms. The fourth-order valence-electron chi connectivity index (χ4n) is 1.57. The van der Waals surface area contributed by atoms with Crippen LogP contribution in [0.1, 0.15) is 31.9 Å². The molecule has 1 aliphatic heterocycles. The molecule has 0 unspecified atom stereocenters. The van der Waals surface area contributed by atoms with Crippen LogP contribution in [0, 0.1) is 5.82 Å². The Kier molecular flexibility index (Phi) is 3.52. The Morgan fingerprint density at radius 1 is 1.44 bits per heavy atom. The van der Waals surface area contributed by atoms with E-state index in [0.29, 0.717) is 17.9 Å². The van der Waals surface area contributed by atoms with Gasteiger partial charge in [-0.1, -0.05) is 0 Å². The molecule has 0 aromatic heterocycles. The van der Waals surface area contributed by atoms with Crippen molar-refractivity contribution in [1.29, 1.82) is 0 Å². The number of ether oxygens (including phenoxy) is 1. The molecule has 0 fully saturated rings. The summed E-state index contributed by atoms with van der Waals surface area (Å²) in [6.45, 7) is 6.05. The molecule has 0 amide bonds. The highest BCUT2D eigenvalue weighted by atomic mass is 32.2. The lowest BCUT2D eigenvalue weighted by Crippen LogP contribution is -2.19. The maximum Gasteiger partial charge on any atom is 0.144 e. The van der Waals surface area contributed by atoms with E-state index < -0.39 is 15.7 Å². The molecule has 1 aromatic rings. The Labute approximate surface area is 109 Å². The summed E-state index contributed by atoms with van der Waals surface area (Å²) in [4.78, 5) is 0. The molecule has 1 heterocycles. The summed E-state index contributed by atoms with van der Waals surface area (Å²) in [6.07, 6.45) is 2.05. The normalized spacial score (nSPS) is 16.7. The van der Waals surface area contributed by atoms with Crippen molar-refractivity contribution in [3.05, 3.63) is 29.1 Å². The summed E-state index contributed by atoms with van der Waals surface area (Å²) in [5.74, 6) is 0.341. The first-order chi connectivity index (χ1) is 8.38. The van der Waals surface area contributed by atoms with E-state index in [-0.39, 0.29) is 5.82 Å². The summed E-state index contributed by atoms with van der Waals surface area (Å²) in [5.41, 5.74) is 1.19. The van der Waals surface area contributed by atoms with Gasteiger partial charge in [-0.05, 0) is 32.9 Å². The molecule has 1 aliphatic rings. The number of halogens is 1. The molecule has 2 rings (SSSR count). The summed E-state index contributed by atoms with van der Waals surface area (Å²) in [7, 11) is -1.38. The second-order valence-electron chi connectivity index (χ2n) is 5.18. The van der Waals surface area contributed by atoms with Gasteiger partial charge in [-0.25, -0.2) is 8.60 Å². The Balaban J connectivity index is 2.25. The van der Waals surface area contributed by atoms with Crippen LogP contribution < -0.4 is 4.74 Å². The quantitative estimate of drug-likeness (QED) is 0.774. The summed E-state index contributed by atoms with van der Waals surface area (Å²) in [5, 5.41) is 0. The van der Waals surface area contributed by atoms with Crippen LogP contribution in [0.25, 0.3) is 0 Å². The van der Waals surface area contributed by atoms with E-state index >= 15 is 0 Å². The van der Waals surface area contributed by atoms with Crippen molar-refractivity contribution >= 4 is 17.2 Å². The van der Waals surface area contributed by atoms with Crippen LogP contribution in [-0.2, 0) is 17.4 Å². The fourth-order valence-corrected chi connectivity index (χ4v) is 2.10. The van der Waals surface area contributed by atoms with E-state index in [1.54, 1.807) is 6.07 Å². The Morgan fingerprint density at radius 3 is 2.83 bits per heavy atom. The van der Waals surface area contributed by atoms with Gasteiger partial charge in [0.1, 0.15) is 22.6 Å². The predicted octanol–water partition coefficient (Wildman–Crippen LogP) is 2.64. The number of hydrogen-bond donors (Lipinski definition) is 0. The van der Waals surface area contributed by atoms with Gasteiger partial charge in [-0.2, -0.15) is 4.40 Å². The van der Waals surface area contributed by atoms with Crippen molar-refractivity contribution in [2.75, 3.05) is 6.61 Å². The first kappa shape index (κ1) is 13.2. The molecular formula is C13H16FNO2S. The minimum atomic E-state index is -1.38. The standard InChI is InChI=1S/C13H16FNO2S/c1-13(2,3)18(16)15-8-10-7-12-9(4-5-17-12)6-11(10)14/h6-8H,4-5H2,1-3H3/b15-8+/t18-/m1/s1. The zero-order valence-corrected chi connectivity index (χ0v) is 11.5. The molecule has 5 heteroatoms. The topological polar surface area (TPSA) is 38.7 Å². The summed E-state index contributed by atoms with van der Waals surface area (Å²) >= 11 is 0. The maximum atomic E-state index is 13.7. The van der Waals surface area contributed by atoms with Crippen LogP contribution in [0.15, 0.2) is 16.5 Å². The second kappa shape index (κ2) is 4.80. The highest BCUT2D eigenvalue weighted by molar-refractivity contribution is 7.85. The number of nitrogens with zero attached hydrogens (tertiary/aromatic N) is 1. The molecule has 1 aromatic carbocycles. The highest BCUT2D eigenvalue weighted by Crippen LogP contribution is 2.27. The van der Waals surface area contributed by atoms with Gasteiger partial charge in [-0.15, -0.1) is 0 Å². The molecule has 0 N–H and O–H groups in total. The zero-order chi connectivity index (χ0) is 13.3. The molecule has 98 valence electrons. The minimum absolute atomic E-state index is 0.313. The van der Waals surface area contributed by atoms with Gasteiger partial charge in [-0.3, -0.25) is 0 Å². The van der Waals surface area contributed by atoms with Crippen LogP contribution in [0.5, 0.6) is 5.75 Å². The van der Waals surface area contributed by atoms with Crippen molar-refractivity contribution in [3.63, 3.8) is 0 Å². The Bertz CT molecular complexity index is 520. The minimum Gasteiger partial charge on any atom is -0.493 e. The molecule has 3 nitrogen and oxygen atoms in total. The first-order valence-electron chi connectivity index (χ1n) is 5.79. The van der Waals surface area contributed by atoms with Crippen LogP contribution in [-0.4, -0.2) is 21.8 Å². The van der Waals surface area contributed by atoms with Crippen LogP contribution in [0.2, 0.25) is 0 Å². The fraction of sp³-hybridized carbons (Fsp3) is 0.462. The van der Waals surface area contributed by atoms with E-state index in [1.165, 1.54) is 12.3 Å². The zero-order valence-electron chi connectivity index (χ0n) is 10.7. The first-order valence-corrected chi connectivity index (χ1v) is 6.90. The van der Waals surface area contributed by atoms with Crippen molar-refractivity contribution in [3.8, 4) is 5.75 Å². The van der Waals surface area contributed by atoms with Gasteiger partial charge in [0, 0.05) is 23.8 Å². The van der Waals surface area contributed by atoms with Crippen molar-refractivity contribution in [2.45, 2.75) is 31.9 Å². The molecule has 0 spiro atoms. The smallest absolute Gasteiger partial charge is 0.144 e. The SMILES string of the molecule is CC(C)(C)[S@@](=O)/N=C/c1cc2c(cc1F)CCO2. The molecule has 18 heavy (non-hydrogen) atoms. The van der Waals surface area contributed by atoms with E-state index in [1.807, 2.05) is 20.8 Å². The monoisotopic (exact) mass is 269 g/mol. The van der Waals surface area contributed by atoms with Crippen LogP contribution >= 0.6 is 0 Å². The van der Waals surface area contributed by atoms with Gasteiger partial charge in [0.25, 0.3) is 0 Å². The number of fused-ring (bicyclic) bond motifs is 1. The largest absolute Gasteiger partial charge is 0.493 e. The lowest BCUT2D eigenvalue weighted by atomic mass is 10.1. The highest BCUT2D eigenvalue weighted by Gasteiger charge is 2.19. The average Bonchev–Trinajstić information content (AvgIpc) is 2.70. The summed E-state index contributed by atoms with van der Waals surface area (Å²) < 4.78 is 34.3. The molecule has 0 saturated carbocycles. The number of rotatable bonds is 2. The molecular weight excluding hydrogens is 253 g/mol. The average molecular weight is 269 g/mol.